The largest absolute Gasteiger partial charge is 0.341 e. The van der Waals surface area contributed by atoms with Crippen LogP contribution in [0.25, 0.3) is 0 Å². The van der Waals surface area contributed by atoms with E-state index < -0.39 is 11.9 Å². The molecule has 2 heterocycles. The molecule has 1 atom stereocenters. The zero-order chi connectivity index (χ0) is 24.1. The maximum Gasteiger partial charge on any atom is 0.253 e. The molecule has 0 bridgehead atoms. The molecule has 7 heteroatoms. The number of nitrogens with zero attached hydrogens (tertiary/aromatic N) is 2. The van der Waals surface area contributed by atoms with Crippen molar-refractivity contribution >= 4 is 17.7 Å². The van der Waals surface area contributed by atoms with E-state index in [2.05, 4.69) is 5.32 Å². The summed E-state index contributed by atoms with van der Waals surface area (Å²) >= 11 is 0. The number of carbonyl (C=O) groups is 3. The molecule has 1 unspecified atom stereocenters. The van der Waals surface area contributed by atoms with Crippen LogP contribution in [0.2, 0.25) is 0 Å². The Morgan fingerprint density at radius 3 is 2.29 bits per heavy atom. The maximum absolute atomic E-state index is 13.6. The molecule has 0 aliphatic carbocycles. The number of nitrogens with one attached hydrogen (secondary N) is 1. The SMILES string of the molecule is Cc1ccccc1C(=O)NC(C(=O)N1CCCCC1)C1CCN(C(=O)c2cccc(F)c2)CC1. The predicted molar refractivity (Wildman–Crippen MR) is 128 cm³/mol. The number of hydrogen-bond acceptors (Lipinski definition) is 3. The zero-order valence-corrected chi connectivity index (χ0v) is 19.6. The number of benzene rings is 2. The molecule has 2 fully saturated rings. The molecular weight excluding hydrogens is 433 g/mol. The summed E-state index contributed by atoms with van der Waals surface area (Å²) in [6.45, 7) is 4.24. The van der Waals surface area contributed by atoms with E-state index in [4.69, 9.17) is 0 Å². The van der Waals surface area contributed by atoms with Crippen LogP contribution in [0, 0.1) is 18.7 Å². The summed E-state index contributed by atoms with van der Waals surface area (Å²) in [7, 11) is 0. The van der Waals surface area contributed by atoms with Crippen molar-refractivity contribution in [2.45, 2.75) is 45.1 Å². The quantitative estimate of drug-likeness (QED) is 0.730. The molecule has 180 valence electrons. The van der Waals surface area contributed by atoms with Crippen molar-refractivity contribution in [2.75, 3.05) is 26.2 Å². The van der Waals surface area contributed by atoms with Crippen LogP contribution in [0.15, 0.2) is 48.5 Å². The highest BCUT2D eigenvalue weighted by Crippen LogP contribution is 2.25. The number of halogens is 1. The van der Waals surface area contributed by atoms with Gasteiger partial charge in [-0.1, -0.05) is 24.3 Å². The van der Waals surface area contributed by atoms with Gasteiger partial charge in [-0.3, -0.25) is 14.4 Å². The van der Waals surface area contributed by atoms with Gasteiger partial charge in [-0.25, -0.2) is 4.39 Å². The minimum absolute atomic E-state index is 0.0310. The average molecular weight is 466 g/mol. The molecule has 6 nitrogen and oxygen atoms in total. The van der Waals surface area contributed by atoms with Crippen molar-refractivity contribution in [2.24, 2.45) is 5.92 Å². The average Bonchev–Trinajstić information content (AvgIpc) is 2.87. The maximum atomic E-state index is 13.6. The van der Waals surface area contributed by atoms with Crippen molar-refractivity contribution < 1.29 is 18.8 Å². The first-order valence-electron chi connectivity index (χ1n) is 12.1. The van der Waals surface area contributed by atoms with Gasteiger partial charge in [0.25, 0.3) is 11.8 Å². The van der Waals surface area contributed by atoms with E-state index in [9.17, 15) is 18.8 Å². The third-order valence-corrected chi connectivity index (χ3v) is 6.98. The smallest absolute Gasteiger partial charge is 0.253 e. The third kappa shape index (κ3) is 5.46. The van der Waals surface area contributed by atoms with Gasteiger partial charge in [0.15, 0.2) is 0 Å². The number of piperidine rings is 2. The van der Waals surface area contributed by atoms with Crippen LogP contribution in [0.5, 0.6) is 0 Å². The number of likely N-dealkylation sites (tertiary alicyclic amines) is 2. The summed E-state index contributed by atoms with van der Waals surface area (Å²) in [5, 5.41) is 3.04. The van der Waals surface area contributed by atoms with Gasteiger partial charge in [0, 0.05) is 37.3 Å². The Morgan fingerprint density at radius 2 is 1.62 bits per heavy atom. The van der Waals surface area contributed by atoms with E-state index in [0.717, 1.165) is 24.8 Å². The fourth-order valence-electron chi connectivity index (χ4n) is 4.98. The Morgan fingerprint density at radius 1 is 0.912 bits per heavy atom. The number of amides is 3. The van der Waals surface area contributed by atoms with Gasteiger partial charge in [-0.2, -0.15) is 0 Å². The van der Waals surface area contributed by atoms with Gasteiger partial charge in [-0.15, -0.1) is 0 Å². The standard InChI is InChI=1S/C27H32FN3O3/c1-19-8-3-4-11-23(19)25(32)29-24(27(34)30-14-5-2-6-15-30)20-12-16-31(17-13-20)26(33)21-9-7-10-22(28)18-21/h3-4,7-11,18,20,24H,2,5-6,12-17H2,1H3,(H,29,32). The lowest BCUT2D eigenvalue weighted by Gasteiger charge is -2.38. The summed E-state index contributed by atoms with van der Waals surface area (Å²) < 4.78 is 13.6. The second kappa shape index (κ2) is 10.8. The topological polar surface area (TPSA) is 69.7 Å². The van der Waals surface area contributed by atoms with Gasteiger partial charge in [0.05, 0.1) is 0 Å². The fourth-order valence-corrected chi connectivity index (χ4v) is 4.98. The molecule has 2 aliphatic rings. The highest BCUT2D eigenvalue weighted by Gasteiger charge is 2.36. The van der Waals surface area contributed by atoms with Crippen LogP contribution < -0.4 is 5.32 Å². The van der Waals surface area contributed by atoms with Crippen molar-refractivity contribution in [1.82, 2.24) is 15.1 Å². The van der Waals surface area contributed by atoms with Crippen molar-refractivity contribution in [3.8, 4) is 0 Å². The van der Waals surface area contributed by atoms with Crippen LogP contribution in [0.4, 0.5) is 4.39 Å². The molecule has 3 amide bonds. The molecular formula is C27H32FN3O3. The molecule has 0 aromatic heterocycles. The Kier molecular flexibility index (Phi) is 7.60. The second-order valence-corrected chi connectivity index (χ2v) is 9.29. The molecule has 2 aromatic carbocycles. The van der Waals surface area contributed by atoms with Crippen LogP contribution in [0.3, 0.4) is 0 Å². The summed E-state index contributed by atoms with van der Waals surface area (Å²) in [4.78, 5) is 43.0. The summed E-state index contributed by atoms with van der Waals surface area (Å²) in [6.07, 6.45) is 4.26. The summed E-state index contributed by atoms with van der Waals surface area (Å²) in [6, 6.07) is 12.4. The molecule has 0 radical (unpaired) electrons. The van der Waals surface area contributed by atoms with Crippen molar-refractivity contribution in [1.29, 1.82) is 0 Å². The number of hydrogen-bond donors (Lipinski definition) is 1. The fraction of sp³-hybridized carbons (Fsp3) is 0.444. The highest BCUT2D eigenvalue weighted by molar-refractivity contribution is 5.99. The predicted octanol–water partition coefficient (Wildman–Crippen LogP) is 3.80. The van der Waals surface area contributed by atoms with Crippen LogP contribution in [0.1, 0.15) is 58.4 Å². The Hall–Kier alpha value is -3.22. The van der Waals surface area contributed by atoms with Crippen LogP contribution in [-0.4, -0.2) is 59.7 Å². The minimum atomic E-state index is -0.628. The Balaban J connectivity index is 1.47. The first-order valence-corrected chi connectivity index (χ1v) is 12.1. The van der Waals surface area contributed by atoms with E-state index in [1.165, 1.54) is 18.2 Å². The van der Waals surface area contributed by atoms with Crippen LogP contribution in [-0.2, 0) is 4.79 Å². The van der Waals surface area contributed by atoms with E-state index in [1.807, 2.05) is 30.0 Å². The third-order valence-electron chi connectivity index (χ3n) is 6.98. The van der Waals surface area contributed by atoms with E-state index in [1.54, 1.807) is 17.0 Å². The lowest BCUT2D eigenvalue weighted by atomic mass is 9.87. The van der Waals surface area contributed by atoms with Gasteiger partial charge >= 0.3 is 0 Å². The first-order chi connectivity index (χ1) is 16.4. The monoisotopic (exact) mass is 465 g/mol. The lowest BCUT2D eigenvalue weighted by Crippen LogP contribution is -2.55. The van der Waals surface area contributed by atoms with Gasteiger partial charge in [0.2, 0.25) is 5.91 Å². The van der Waals surface area contributed by atoms with Gasteiger partial charge in [-0.05, 0) is 74.8 Å². The molecule has 0 spiro atoms. The normalized spacial score (nSPS) is 17.8. The second-order valence-electron chi connectivity index (χ2n) is 9.29. The lowest BCUT2D eigenvalue weighted by molar-refractivity contribution is -0.136. The zero-order valence-electron chi connectivity index (χ0n) is 19.6. The van der Waals surface area contributed by atoms with Gasteiger partial charge < -0.3 is 15.1 Å². The van der Waals surface area contributed by atoms with Crippen molar-refractivity contribution in [3.63, 3.8) is 0 Å². The van der Waals surface area contributed by atoms with Gasteiger partial charge in [0.1, 0.15) is 11.9 Å². The number of carbonyl (C=O) groups excluding carboxylic acids is 3. The van der Waals surface area contributed by atoms with E-state index in [0.29, 0.717) is 50.1 Å². The van der Waals surface area contributed by atoms with Crippen molar-refractivity contribution in [3.05, 3.63) is 71.0 Å². The molecule has 1 N–H and O–H groups in total. The minimum Gasteiger partial charge on any atom is -0.341 e. The Labute approximate surface area is 200 Å². The first kappa shape index (κ1) is 23.9. The van der Waals surface area contributed by atoms with E-state index >= 15 is 0 Å². The molecule has 4 rings (SSSR count). The summed E-state index contributed by atoms with van der Waals surface area (Å²) in [5.74, 6) is -0.991. The summed E-state index contributed by atoms with van der Waals surface area (Å²) in [5.41, 5.74) is 1.75. The molecule has 2 aliphatic heterocycles. The number of aryl methyl sites for hydroxylation is 1. The van der Waals surface area contributed by atoms with Crippen LogP contribution >= 0.6 is 0 Å². The Bertz CT molecular complexity index is 1040. The molecule has 2 aromatic rings. The molecule has 0 saturated carbocycles. The molecule has 34 heavy (non-hydrogen) atoms. The highest BCUT2D eigenvalue weighted by atomic mass is 19.1. The molecule has 2 saturated heterocycles. The number of rotatable bonds is 5. The van der Waals surface area contributed by atoms with E-state index in [-0.39, 0.29) is 23.6 Å².